The van der Waals surface area contributed by atoms with Gasteiger partial charge < -0.3 is 19.5 Å². The van der Waals surface area contributed by atoms with Crippen LogP contribution in [0, 0.1) is 23.6 Å². The first kappa shape index (κ1) is 20.6. The van der Waals surface area contributed by atoms with Crippen molar-refractivity contribution in [3.05, 3.63) is 40.6 Å². The molecule has 3 fully saturated rings. The van der Waals surface area contributed by atoms with Gasteiger partial charge in [0.1, 0.15) is 5.82 Å². The molecule has 3 atom stereocenters. The van der Waals surface area contributed by atoms with Crippen LogP contribution in [-0.4, -0.2) is 58.6 Å². The largest absolute Gasteiger partial charge is 0.381 e. The zero-order valence-electron chi connectivity index (χ0n) is 18.0. The highest BCUT2D eigenvalue weighted by molar-refractivity contribution is 5.58. The Morgan fingerprint density at radius 1 is 1.16 bits per heavy atom. The van der Waals surface area contributed by atoms with Crippen LogP contribution < -0.4 is 10.9 Å². The third-order valence-corrected chi connectivity index (χ3v) is 7.14. The van der Waals surface area contributed by atoms with E-state index in [0.29, 0.717) is 17.3 Å². The number of fused-ring (bicyclic) bond motifs is 1. The second-order valence-electron chi connectivity index (χ2n) is 9.40. The molecule has 1 saturated carbocycles. The van der Waals surface area contributed by atoms with Gasteiger partial charge in [-0.1, -0.05) is 0 Å². The van der Waals surface area contributed by atoms with Gasteiger partial charge in [-0.15, -0.1) is 10.2 Å². The highest BCUT2D eigenvalue weighted by Gasteiger charge is 2.41. The lowest BCUT2D eigenvalue weighted by molar-refractivity contribution is 0.0545. The number of nitrogens with zero attached hydrogens (tertiary/aromatic N) is 4. The van der Waals surface area contributed by atoms with E-state index in [1.807, 2.05) is 12.1 Å². The Labute approximate surface area is 181 Å². The smallest absolute Gasteiger partial charge is 0.286 e. The second kappa shape index (κ2) is 8.67. The maximum absolute atomic E-state index is 13.7. The number of pyridine rings is 1. The first-order valence-electron chi connectivity index (χ1n) is 11.3. The Morgan fingerprint density at radius 2 is 1.90 bits per heavy atom. The van der Waals surface area contributed by atoms with Crippen LogP contribution in [-0.2, 0) is 11.8 Å². The topological polar surface area (TPSA) is 72.3 Å². The lowest BCUT2D eigenvalue weighted by atomic mass is 10.00. The van der Waals surface area contributed by atoms with Crippen molar-refractivity contribution in [1.29, 1.82) is 0 Å². The predicted molar refractivity (Wildman–Crippen MR) is 116 cm³/mol. The minimum atomic E-state index is -0.785. The summed E-state index contributed by atoms with van der Waals surface area (Å²) in [6.07, 6.45) is 6.33. The molecular formula is C23H30FN5O2. The Morgan fingerprint density at radius 3 is 2.55 bits per heavy atom. The van der Waals surface area contributed by atoms with Gasteiger partial charge in [-0.3, -0.25) is 4.79 Å². The number of hydrogen-bond acceptors (Lipinski definition) is 6. The molecule has 166 valence electrons. The highest BCUT2D eigenvalue weighted by atomic mass is 19.1. The van der Waals surface area contributed by atoms with Crippen LogP contribution in [0.2, 0.25) is 0 Å². The van der Waals surface area contributed by atoms with Gasteiger partial charge >= 0.3 is 0 Å². The molecule has 5 rings (SSSR count). The summed E-state index contributed by atoms with van der Waals surface area (Å²) < 4.78 is 20.5. The Hall–Kier alpha value is -2.32. The van der Waals surface area contributed by atoms with Gasteiger partial charge in [0.2, 0.25) is 0 Å². The summed E-state index contributed by atoms with van der Waals surface area (Å²) in [6.45, 7) is 5.50. The molecule has 1 aliphatic carbocycles. The quantitative estimate of drug-likeness (QED) is 0.791. The van der Waals surface area contributed by atoms with Crippen LogP contribution in [0.4, 0.5) is 10.2 Å². The maximum atomic E-state index is 13.7. The number of rotatable bonds is 5. The summed E-state index contributed by atoms with van der Waals surface area (Å²) in [6, 6.07) is 5.34. The SMILES string of the molecule is Cn1cc(-c2ccc(NC3C[C@@H]4CN(CC5CCOCC5)C[C@@H]4C3)nn2)cc(F)c1=O. The van der Waals surface area contributed by atoms with Crippen LogP contribution in [0.5, 0.6) is 0 Å². The van der Waals surface area contributed by atoms with Crippen molar-refractivity contribution in [1.82, 2.24) is 19.7 Å². The molecule has 0 aromatic carbocycles. The number of aryl methyl sites for hydroxylation is 1. The van der Waals surface area contributed by atoms with Crippen LogP contribution in [0.1, 0.15) is 25.7 Å². The van der Waals surface area contributed by atoms with E-state index in [-0.39, 0.29) is 0 Å². The number of ether oxygens (including phenoxy) is 1. The van der Waals surface area contributed by atoms with Gasteiger partial charge in [-0.05, 0) is 61.6 Å². The third kappa shape index (κ3) is 4.50. The molecule has 0 bridgehead atoms. The van der Waals surface area contributed by atoms with E-state index in [2.05, 4.69) is 20.4 Å². The third-order valence-electron chi connectivity index (χ3n) is 7.14. The average Bonchev–Trinajstić information content (AvgIpc) is 3.31. The first-order chi connectivity index (χ1) is 15.0. The van der Waals surface area contributed by atoms with Crippen LogP contribution >= 0.6 is 0 Å². The van der Waals surface area contributed by atoms with E-state index in [1.54, 1.807) is 6.20 Å². The van der Waals surface area contributed by atoms with E-state index >= 15 is 0 Å². The van der Waals surface area contributed by atoms with Crippen molar-refractivity contribution in [2.24, 2.45) is 24.8 Å². The first-order valence-corrected chi connectivity index (χ1v) is 11.3. The monoisotopic (exact) mass is 427 g/mol. The van der Waals surface area contributed by atoms with Gasteiger partial charge in [0, 0.05) is 57.7 Å². The summed E-state index contributed by atoms with van der Waals surface area (Å²) in [7, 11) is 1.53. The van der Waals surface area contributed by atoms with E-state index in [9.17, 15) is 9.18 Å². The number of hydrogen-bond donors (Lipinski definition) is 1. The number of nitrogens with one attached hydrogen (secondary N) is 1. The maximum Gasteiger partial charge on any atom is 0.286 e. The Bertz CT molecular complexity index is 933. The highest BCUT2D eigenvalue weighted by Crippen LogP contribution is 2.39. The van der Waals surface area contributed by atoms with E-state index in [0.717, 1.165) is 36.8 Å². The van der Waals surface area contributed by atoms with Gasteiger partial charge in [-0.25, -0.2) is 4.39 Å². The second-order valence-corrected chi connectivity index (χ2v) is 9.40. The lowest BCUT2D eigenvalue weighted by Crippen LogP contribution is -2.32. The number of aromatic nitrogens is 3. The Kier molecular flexibility index (Phi) is 5.75. The molecule has 2 aromatic heterocycles. The summed E-state index contributed by atoms with van der Waals surface area (Å²) in [5.74, 6) is 2.29. The fourth-order valence-corrected chi connectivity index (χ4v) is 5.54. The van der Waals surface area contributed by atoms with Gasteiger partial charge in [0.25, 0.3) is 5.56 Å². The number of likely N-dealkylation sites (tertiary alicyclic amines) is 1. The van der Waals surface area contributed by atoms with Crippen molar-refractivity contribution in [2.75, 3.05) is 38.2 Å². The molecule has 2 aliphatic heterocycles. The summed E-state index contributed by atoms with van der Waals surface area (Å²) in [4.78, 5) is 14.2. The van der Waals surface area contributed by atoms with E-state index < -0.39 is 11.4 Å². The molecule has 1 unspecified atom stereocenters. The van der Waals surface area contributed by atoms with Gasteiger partial charge in [-0.2, -0.15) is 0 Å². The summed E-state index contributed by atoms with van der Waals surface area (Å²) >= 11 is 0. The molecule has 1 N–H and O–H groups in total. The van der Waals surface area contributed by atoms with Gasteiger partial charge in [0.05, 0.1) is 5.69 Å². The van der Waals surface area contributed by atoms with Crippen LogP contribution in [0.25, 0.3) is 11.3 Å². The molecular weight excluding hydrogens is 397 g/mol. The normalized spacial score (nSPS) is 26.8. The lowest BCUT2D eigenvalue weighted by Gasteiger charge is -2.27. The molecule has 0 radical (unpaired) electrons. The average molecular weight is 428 g/mol. The summed E-state index contributed by atoms with van der Waals surface area (Å²) in [5, 5.41) is 12.1. The zero-order chi connectivity index (χ0) is 21.4. The molecule has 2 aromatic rings. The molecule has 2 saturated heterocycles. The number of halogens is 1. The molecule has 7 nitrogen and oxygen atoms in total. The zero-order valence-corrected chi connectivity index (χ0v) is 18.0. The van der Waals surface area contributed by atoms with Crippen LogP contribution in [0.3, 0.4) is 0 Å². The minimum Gasteiger partial charge on any atom is -0.381 e. The van der Waals surface area contributed by atoms with Gasteiger partial charge in [0.15, 0.2) is 5.82 Å². The fourth-order valence-electron chi connectivity index (χ4n) is 5.54. The minimum absolute atomic E-state index is 0.426. The fraction of sp³-hybridized carbons (Fsp3) is 0.609. The van der Waals surface area contributed by atoms with Crippen molar-refractivity contribution < 1.29 is 9.13 Å². The number of anilines is 1. The standard InChI is InChI=1S/C23H30FN5O2/c1-28-12-18(10-20(24)23(28)30)21-2-3-22(27-26-21)25-19-8-16-13-29(14-17(16)9-19)11-15-4-6-31-7-5-15/h2-3,10,12,15-17,19H,4-9,11,13-14H2,1H3,(H,25,27)/t16-,17+,19?. The van der Waals surface area contributed by atoms with Crippen molar-refractivity contribution in [3.8, 4) is 11.3 Å². The summed E-state index contributed by atoms with van der Waals surface area (Å²) in [5.41, 5.74) is 0.443. The van der Waals surface area contributed by atoms with E-state index in [1.165, 1.54) is 63.0 Å². The predicted octanol–water partition coefficient (Wildman–Crippen LogP) is 2.53. The molecule has 31 heavy (non-hydrogen) atoms. The van der Waals surface area contributed by atoms with Crippen molar-refractivity contribution >= 4 is 5.82 Å². The molecule has 4 heterocycles. The Balaban J connectivity index is 1.15. The van der Waals surface area contributed by atoms with Crippen molar-refractivity contribution in [2.45, 2.75) is 31.7 Å². The molecule has 8 heteroatoms. The molecule has 3 aliphatic rings. The van der Waals surface area contributed by atoms with E-state index in [4.69, 9.17) is 4.74 Å². The van der Waals surface area contributed by atoms with Crippen LogP contribution in [0.15, 0.2) is 29.2 Å². The molecule has 0 amide bonds. The van der Waals surface area contributed by atoms with Crippen molar-refractivity contribution in [3.63, 3.8) is 0 Å². The molecule has 0 spiro atoms.